The molecule has 28 heavy (non-hydrogen) atoms. The summed E-state index contributed by atoms with van der Waals surface area (Å²) in [6, 6.07) is 20.6. The third kappa shape index (κ3) is 5.42. The number of aryl methyl sites for hydroxylation is 1. The molecule has 0 bridgehead atoms. The van der Waals surface area contributed by atoms with Gasteiger partial charge in [-0.25, -0.2) is 0 Å². The van der Waals surface area contributed by atoms with Gasteiger partial charge < -0.3 is 19.9 Å². The van der Waals surface area contributed by atoms with Crippen molar-refractivity contribution in [3.05, 3.63) is 71.8 Å². The zero-order valence-electron chi connectivity index (χ0n) is 17.3. The molecule has 1 aliphatic rings. The maximum atomic E-state index is 6.88. The second-order valence-electron chi connectivity index (χ2n) is 8.17. The third-order valence-electron chi connectivity index (χ3n) is 5.52. The lowest BCUT2D eigenvalue weighted by atomic mass is 9.82. The molecule has 2 aromatic carbocycles. The van der Waals surface area contributed by atoms with Crippen LogP contribution in [0, 0.1) is 0 Å². The predicted molar refractivity (Wildman–Crippen MR) is 112 cm³/mol. The first-order valence-electron chi connectivity index (χ1n) is 10.2. The van der Waals surface area contributed by atoms with Gasteiger partial charge in [0.2, 0.25) is 0 Å². The van der Waals surface area contributed by atoms with E-state index >= 15 is 0 Å². The number of hydrogen-bond acceptors (Lipinski definition) is 4. The molecule has 0 saturated carbocycles. The SMILES string of the molecule is CC[C@](N)(CCc1ccccc1)[C@@H]1OC(C)(C)O[C@H]1COCc1ccccc1. The average molecular weight is 384 g/mol. The van der Waals surface area contributed by atoms with Crippen LogP contribution in [0.3, 0.4) is 0 Å². The van der Waals surface area contributed by atoms with E-state index in [2.05, 4.69) is 43.3 Å². The topological polar surface area (TPSA) is 53.7 Å². The van der Waals surface area contributed by atoms with Gasteiger partial charge in [0.25, 0.3) is 0 Å². The molecule has 0 spiro atoms. The van der Waals surface area contributed by atoms with Gasteiger partial charge in [-0.05, 0) is 44.2 Å². The molecule has 0 aromatic heterocycles. The summed E-state index contributed by atoms with van der Waals surface area (Å²) in [6.07, 6.45) is 2.20. The highest BCUT2D eigenvalue weighted by Gasteiger charge is 2.50. The molecule has 2 aromatic rings. The third-order valence-corrected chi connectivity index (χ3v) is 5.52. The largest absolute Gasteiger partial charge is 0.374 e. The highest BCUT2D eigenvalue weighted by Crippen LogP contribution is 2.36. The Hall–Kier alpha value is -1.72. The van der Waals surface area contributed by atoms with Gasteiger partial charge in [-0.2, -0.15) is 0 Å². The molecule has 1 heterocycles. The van der Waals surface area contributed by atoms with E-state index in [-0.39, 0.29) is 12.2 Å². The van der Waals surface area contributed by atoms with Crippen LogP contribution in [0.1, 0.15) is 44.7 Å². The molecule has 2 N–H and O–H groups in total. The molecule has 0 unspecified atom stereocenters. The molecule has 1 aliphatic heterocycles. The molecule has 1 fully saturated rings. The Bertz CT molecular complexity index is 719. The van der Waals surface area contributed by atoms with Crippen molar-refractivity contribution in [3.8, 4) is 0 Å². The Kier molecular flexibility index (Phi) is 6.89. The van der Waals surface area contributed by atoms with Crippen LogP contribution in [-0.4, -0.2) is 30.1 Å². The molecule has 4 heteroatoms. The Morgan fingerprint density at radius 3 is 2.18 bits per heavy atom. The number of hydrogen-bond donors (Lipinski definition) is 1. The molecule has 4 nitrogen and oxygen atoms in total. The van der Waals surface area contributed by atoms with Crippen molar-refractivity contribution in [2.45, 2.75) is 70.2 Å². The highest BCUT2D eigenvalue weighted by atomic mass is 16.8. The summed E-state index contributed by atoms with van der Waals surface area (Å²) in [5.41, 5.74) is 8.86. The average Bonchev–Trinajstić information content (AvgIpc) is 3.03. The minimum absolute atomic E-state index is 0.181. The van der Waals surface area contributed by atoms with Crippen molar-refractivity contribution < 1.29 is 14.2 Å². The molecule has 0 aliphatic carbocycles. The Morgan fingerprint density at radius 1 is 0.964 bits per heavy atom. The van der Waals surface area contributed by atoms with Gasteiger partial charge in [0, 0.05) is 5.54 Å². The minimum Gasteiger partial charge on any atom is -0.374 e. The molecule has 152 valence electrons. The van der Waals surface area contributed by atoms with Gasteiger partial charge in [0.1, 0.15) is 12.2 Å². The zero-order valence-corrected chi connectivity index (χ0v) is 17.3. The van der Waals surface area contributed by atoms with Crippen LogP contribution in [0.2, 0.25) is 0 Å². The number of benzene rings is 2. The van der Waals surface area contributed by atoms with Crippen LogP contribution in [0.5, 0.6) is 0 Å². The fraction of sp³-hybridized carbons (Fsp3) is 0.500. The molecule has 0 radical (unpaired) electrons. The summed E-state index contributed by atoms with van der Waals surface area (Å²) >= 11 is 0. The lowest BCUT2D eigenvalue weighted by Gasteiger charge is -2.36. The fourth-order valence-electron chi connectivity index (χ4n) is 3.85. The van der Waals surface area contributed by atoms with E-state index in [0.29, 0.717) is 13.2 Å². The van der Waals surface area contributed by atoms with E-state index < -0.39 is 11.3 Å². The molecule has 1 saturated heterocycles. The fourth-order valence-corrected chi connectivity index (χ4v) is 3.85. The van der Waals surface area contributed by atoms with Crippen LogP contribution in [-0.2, 0) is 27.2 Å². The molecular weight excluding hydrogens is 350 g/mol. The first-order chi connectivity index (χ1) is 13.4. The van der Waals surface area contributed by atoms with Crippen molar-refractivity contribution in [1.82, 2.24) is 0 Å². The maximum absolute atomic E-state index is 6.88. The molecule has 0 amide bonds. The van der Waals surface area contributed by atoms with Crippen molar-refractivity contribution in [3.63, 3.8) is 0 Å². The van der Waals surface area contributed by atoms with Crippen LogP contribution >= 0.6 is 0 Å². The minimum atomic E-state index is -0.655. The van der Waals surface area contributed by atoms with Crippen LogP contribution < -0.4 is 5.73 Å². The number of ether oxygens (including phenoxy) is 3. The zero-order chi connectivity index (χ0) is 20.0. The smallest absolute Gasteiger partial charge is 0.163 e. The second kappa shape index (κ2) is 9.19. The summed E-state index contributed by atoms with van der Waals surface area (Å²) in [7, 11) is 0. The molecule has 3 rings (SSSR count). The van der Waals surface area contributed by atoms with E-state index in [0.717, 1.165) is 24.8 Å². The Labute approximate surface area is 169 Å². The van der Waals surface area contributed by atoms with E-state index in [4.69, 9.17) is 19.9 Å². The van der Waals surface area contributed by atoms with Crippen molar-refractivity contribution >= 4 is 0 Å². The van der Waals surface area contributed by atoms with Crippen molar-refractivity contribution in [2.75, 3.05) is 6.61 Å². The normalized spacial score (nSPS) is 23.4. The first-order valence-corrected chi connectivity index (χ1v) is 10.2. The van der Waals surface area contributed by atoms with Gasteiger partial charge in [0.05, 0.1) is 13.2 Å². The quantitative estimate of drug-likeness (QED) is 0.694. The monoisotopic (exact) mass is 383 g/mol. The van der Waals surface area contributed by atoms with Gasteiger partial charge in [-0.1, -0.05) is 67.6 Å². The van der Waals surface area contributed by atoms with E-state index in [1.54, 1.807) is 0 Å². The summed E-state index contributed by atoms with van der Waals surface area (Å²) in [5.74, 6) is -0.655. The van der Waals surface area contributed by atoms with Crippen LogP contribution in [0.4, 0.5) is 0 Å². The Balaban J connectivity index is 1.64. The second-order valence-corrected chi connectivity index (χ2v) is 8.17. The summed E-state index contributed by atoms with van der Waals surface area (Å²) in [4.78, 5) is 0. The van der Waals surface area contributed by atoms with Crippen LogP contribution in [0.25, 0.3) is 0 Å². The highest BCUT2D eigenvalue weighted by molar-refractivity contribution is 5.16. The van der Waals surface area contributed by atoms with Crippen LogP contribution in [0.15, 0.2) is 60.7 Å². The lowest BCUT2D eigenvalue weighted by molar-refractivity contribution is -0.155. The summed E-state index contributed by atoms with van der Waals surface area (Å²) in [6.45, 7) is 7.05. The first kappa shape index (κ1) is 21.0. The van der Waals surface area contributed by atoms with E-state index in [9.17, 15) is 0 Å². The predicted octanol–water partition coefficient (Wildman–Crippen LogP) is 4.46. The number of nitrogens with two attached hydrogens (primary N) is 1. The van der Waals surface area contributed by atoms with Gasteiger partial charge in [-0.15, -0.1) is 0 Å². The van der Waals surface area contributed by atoms with E-state index in [1.807, 2.05) is 38.1 Å². The van der Waals surface area contributed by atoms with Gasteiger partial charge in [0.15, 0.2) is 5.79 Å². The summed E-state index contributed by atoms with van der Waals surface area (Å²) in [5, 5.41) is 0. The maximum Gasteiger partial charge on any atom is 0.163 e. The van der Waals surface area contributed by atoms with E-state index in [1.165, 1.54) is 5.56 Å². The molecular formula is C24H33NO3. The van der Waals surface area contributed by atoms with Crippen molar-refractivity contribution in [1.29, 1.82) is 0 Å². The summed E-state index contributed by atoms with van der Waals surface area (Å²) < 4.78 is 18.4. The van der Waals surface area contributed by atoms with Gasteiger partial charge in [-0.3, -0.25) is 0 Å². The molecule has 3 atom stereocenters. The van der Waals surface area contributed by atoms with Crippen molar-refractivity contribution in [2.24, 2.45) is 5.73 Å². The number of rotatable bonds is 9. The standard InChI is InChI=1S/C24H33NO3/c1-4-24(25,16-15-19-11-7-5-8-12-19)22-21(27-23(2,3)28-22)18-26-17-20-13-9-6-10-14-20/h5-14,21-22H,4,15-18,25H2,1-3H3/t21-,22+,24-/m0/s1. The van der Waals surface area contributed by atoms with Gasteiger partial charge >= 0.3 is 0 Å². The lowest BCUT2D eigenvalue weighted by Crippen LogP contribution is -2.56. The Morgan fingerprint density at radius 2 is 1.57 bits per heavy atom.